The zero-order chi connectivity index (χ0) is 14.1. The van der Waals surface area contributed by atoms with E-state index in [0.29, 0.717) is 19.4 Å². The Bertz CT molecular complexity index is 409. The van der Waals surface area contributed by atoms with Crippen molar-refractivity contribution in [3.63, 3.8) is 0 Å². The molecule has 0 aliphatic heterocycles. The van der Waals surface area contributed by atoms with Gasteiger partial charge in [0.25, 0.3) is 0 Å². The molecule has 1 N–H and O–H groups in total. The lowest BCUT2D eigenvalue weighted by Gasteiger charge is -2.05. The summed E-state index contributed by atoms with van der Waals surface area (Å²) in [5, 5.41) is 8.76. The summed E-state index contributed by atoms with van der Waals surface area (Å²) in [7, 11) is 0. The first kappa shape index (κ1) is 15.2. The minimum atomic E-state index is -0.936. The van der Waals surface area contributed by atoms with Gasteiger partial charge in [-0.3, -0.25) is 4.79 Å². The topological polar surface area (TPSA) is 63.6 Å². The average molecular weight is 264 g/mol. The standard InChI is InChI=1S/C15H20O4/c1-2-3-4-5-14(16)19-11-10-12-6-8-13(9-7-12)15(17)18/h6-9H,2-5,10-11H2,1H3,(H,17,18). The van der Waals surface area contributed by atoms with E-state index in [9.17, 15) is 9.59 Å². The molecule has 0 aromatic heterocycles. The molecule has 1 aromatic rings. The second kappa shape index (κ2) is 8.29. The molecule has 104 valence electrons. The quantitative estimate of drug-likeness (QED) is 0.579. The number of esters is 1. The van der Waals surface area contributed by atoms with E-state index in [1.807, 2.05) is 0 Å². The van der Waals surface area contributed by atoms with E-state index < -0.39 is 5.97 Å². The first-order valence-corrected chi connectivity index (χ1v) is 6.61. The fourth-order valence-corrected chi connectivity index (χ4v) is 1.69. The molecule has 0 atom stereocenters. The number of carboxylic acids is 1. The van der Waals surface area contributed by atoms with Gasteiger partial charge in [-0.1, -0.05) is 31.9 Å². The van der Waals surface area contributed by atoms with Crippen LogP contribution in [-0.2, 0) is 16.0 Å². The van der Waals surface area contributed by atoms with E-state index >= 15 is 0 Å². The van der Waals surface area contributed by atoms with Gasteiger partial charge in [0.1, 0.15) is 0 Å². The largest absolute Gasteiger partial charge is 0.478 e. The van der Waals surface area contributed by atoms with Gasteiger partial charge < -0.3 is 9.84 Å². The van der Waals surface area contributed by atoms with Crippen molar-refractivity contribution in [2.45, 2.75) is 39.0 Å². The molecule has 19 heavy (non-hydrogen) atoms. The Morgan fingerprint density at radius 2 is 1.84 bits per heavy atom. The Hall–Kier alpha value is -1.84. The zero-order valence-electron chi connectivity index (χ0n) is 11.2. The maximum absolute atomic E-state index is 11.4. The Labute approximate surface area is 113 Å². The van der Waals surface area contributed by atoms with Gasteiger partial charge in [0.2, 0.25) is 0 Å². The smallest absolute Gasteiger partial charge is 0.335 e. The van der Waals surface area contributed by atoms with Crippen LogP contribution in [0, 0.1) is 0 Å². The van der Waals surface area contributed by atoms with E-state index in [-0.39, 0.29) is 11.5 Å². The summed E-state index contributed by atoms with van der Waals surface area (Å²) in [6, 6.07) is 6.60. The highest BCUT2D eigenvalue weighted by atomic mass is 16.5. The number of carbonyl (C=O) groups is 2. The first-order chi connectivity index (χ1) is 9.13. The van der Waals surface area contributed by atoms with Crippen molar-refractivity contribution in [2.24, 2.45) is 0 Å². The predicted octanol–water partition coefficient (Wildman–Crippen LogP) is 3.05. The number of unbranched alkanes of at least 4 members (excludes halogenated alkanes) is 2. The second-order valence-corrected chi connectivity index (χ2v) is 4.43. The molecule has 0 heterocycles. The van der Waals surface area contributed by atoms with Crippen LogP contribution in [0.4, 0.5) is 0 Å². The molecule has 0 radical (unpaired) electrons. The Morgan fingerprint density at radius 3 is 2.42 bits per heavy atom. The number of hydrogen-bond donors (Lipinski definition) is 1. The minimum absolute atomic E-state index is 0.157. The van der Waals surface area contributed by atoms with Crippen molar-refractivity contribution in [2.75, 3.05) is 6.61 Å². The molecule has 0 spiro atoms. The SMILES string of the molecule is CCCCCC(=O)OCCc1ccc(C(=O)O)cc1. The number of ether oxygens (including phenoxy) is 1. The van der Waals surface area contributed by atoms with Crippen LogP contribution in [0.15, 0.2) is 24.3 Å². The summed E-state index contributed by atoms with van der Waals surface area (Å²) in [6.07, 6.45) is 4.10. The molecule has 0 saturated heterocycles. The highest BCUT2D eigenvalue weighted by Crippen LogP contribution is 2.06. The Kier molecular flexibility index (Phi) is 6.64. The van der Waals surface area contributed by atoms with Gasteiger partial charge in [-0.25, -0.2) is 4.79 Å². The van der Waals surface area contributed by atoms with Crippen molar-refractivity contribution < 1.29 is 19.4 Å². The summed E-state index contributed by atoms with van der Waals surface area (Å²) in [5.74, 6) is -1.09. The fourth-order valence-electron chi connectivity index (χ4n) is 1.69. The summed E-state index contributed by atoms with van der Waals surface area (Å²) >= 11 is 0. The molecule has 0 saturated carbocycles. The van der Waals surface area contributed by atoms with Crippen LogP contribution in [0.25, 0.3) is 0 Å². The lowest BCUT2D eigenvalue weighted by molar-refractivity contribution is -0.143. The summed E-state index contributed by atoms with van der Waals surface area (Å²) in [6.45, 7) is 2.43. The van der Waals surface area contributed by atoms with Crippen molar-refractivity contribution in [3.05, 3.63) is 35.4 Å². The molecule has 0 fully saturated rings. The number of benzene rings is 1. The molecular formula is C15H20O4. The van der Waals surface area contributed by atoms with Crippen LogP contribution in [-0.4, -0.2) is 23.7 Å². The van der Waals surface area contributed by atoms with Crippen LogP contribution in [0.5, 0.6) is 0 Å². The van der Waals surface area contributed by atoms with Gasteiger partial charge in [-0.15, -0.1) is 0 Å². The number of rotatable bonds is 8. The number of carboxylic acid groups (broad SMARTS) is 1. The molecule has 1 aromatic carbocycles. The van der Waals surface area contributed by atoms with Gasteiger partial charge in [-0.2, -0.15) is 0 Å². The van der Waals surface area contributed by atoms with Crippen LogP contribution in [0.1, 0.15) is 48.5 Å². The van der Waals surface area contributed by atoms with Gasteiger partial charge in [0.05, 0.1) is 12.2 Å². The third kappa shape index (κ3) is 6.04. The average Bonchev–Trinajstić information content (AvgIpc) is 2.39. The molecule has 0 amide bonds. The van der Waals surface area contributed by atoms with Gasteiger partial charge in [-0.05, 0) is 24.1 Å². The monoisotopic (exact) mass is 264 g/mol. The molecule has 4 nitrogen and oxygen atoms in total. The van der Waals surface area contributed by atoms with Gasteiger partial charge >= 0.3 is 11.9 Å². The lowest BCUT2D eigenvalue weighted by Crippen LogP contribution is -2.07. The third-order valence-electron chi connectivity index (χ3n) is 2.84. The number of carbonyl (C=O) groups excluding carboxylic acids is 1. The Balaban J connectivity index is 2.25. The maximum Gasteiger partial charge on any atom is 0.335 e. The first-order valence-electron chi connectivity index (χ1n) is 6.61. The Morgan fingerprint density at radius 1 is 1.16 bits per heavy atom. The fraction of sp³-hybridized carbons (Fsp3) is 0.467. The summed E-state index contributed by atoms with van der Waals surface area (Å²) < 4.78 is 5.11. The van der Waals surface area contributed by atoms with E-state index in [0.717, 1.165) is 24.8 Å². The molecular weight excluding hydrogens is 244 g/mol. The minimum Gasteiger partial charge on any atom is -0.478 e. The zero-order valence-corrected chi connectivity index (χ0v) is 11.2. The second-order valence-electron chi connectivity index (χ2n) is 4.43. The molecule has 0 aliphatic carbocycles. The third-order valence-corrected chi connectivity index (χ3v) is 2.84. The van der Waals surface area contributed by atoms with E-state index in [2.05, 4.69) is 6.92 Å². The predicted molar refractivity (Wildman–Crippen MR) is 72.2 cm³/mol. The van der Waals surface area contributed by atoms with E-state index in [4.69, 9.17) is 9.84 Å². The highest BCUT2D eigenvalue weighted by molar-refractivity contribution is 5.87. The van der Waals surface area contributed by atoms with Crippen molar-refractivity contribution in [3.8, 4) is 0 Å². The molecule has 1 rings (SSSR count). The lowest BCUT2D eigenvalue weighted by atomic mass is 10.1. The molecule has 0 aliphatic rings. The normalized spacial score (nSPS) is 10.2. The van der Waals surface area contributed by atoms with Crippen molar-refractivity contribution in [1.29, 1.82) is 0 Å². The molecule has 4 heteroatoms. The maximum atomic E-state index is 11.4. The van der Waals surface area contributed by atoms with Gasteiger partial charge in [0.15, 0.2) is 0 Å². The number of hydrogen-bond acceptors (Lipinski definition) is 3. The highest BCUT2D eigenvalue weighted by Gasteiger charge is 2.04. The summed E-state index contributed by atoms with van der Waals surface area (Å²) in [4.78, 5) is 22.0. The van der Waals surface area contributed by atoms with Crippen LogP contribution in [0.2, 0.25) is 0 Å². The number of aromatic carboxylic acids is 1. The summed E-state index contributed by atoms with van der Waals surface area (Å²) in [5.41, 5.74) is 1.23. The van der Waals surface area contributed by atoms with Crippen molar-refractivity contribution in [1.82, 2.24) is 0 Å². The van der Waals surface area contributed by atoms with Crippen LogP contribution in [0.3, 0.4) is 0 Å². The van der Waals surface area contributed by atoms with Crippen LogP contribution < -0.4 is 0 Å². The molecule has 0 unspecified atom stereocenters. The molecule has 0 bridgehead atoms. The van der Waals surface area contributed by atoms with Gasteiger partial charge in [0, 0.05) is 12.8 Å². The van der Waals surface area contributed by atoms with Crippen LogP contribution >= 0.6 is 0 Å². The van der Waals surface area contributed by atoms with Crippen molar-refractivity contribution >= 4 is 11.9 Å². The van der Waals surface area contributed by atoms with E-state index in [1.165, 1.54) is 0 Å². The van der Waals surface area contributed by atoms with E-state index in [1.54, 1.807) is 24.3 Å².